The summed E-state index contributed by atoms with van der Waals surface area (Å²) in [6.07, 6.45) is 60.6. The van der Waals surface area contributed by atoms with E-state index in [1.807, 2.05) is 6.08 Å². The van der Waals surface area contributed by atoms with Crippen molar-refractivity contribution in [3.63, 3.8) is 0 Å². The lowest BCUT2D eigenvalue weighted by Gasteiger charge is -2.40. The molecular formula is C65H117NO10. The third-order valence-electron chi connectivity index (χ3n) is 14.6. The maximum absolute atomic E-state index is 13.0. The van der Waals surface area contributed by atoms with E-state index in [1.54, 1.807) is 6.08 Å². The van der Waals surface area contributed by atoms with Crippen molar-refractivity contribution in [3.05, 3.63) is 60.8 Å². The molecule has 1 heterocycles. The van der Waals surface area contributed by atoms with Gasteiger partial charge < -0.3 is 45.1 Å². The molecule has 7 atom stereocenters. The van der Waals surface area contributed by atoms with Crippen molar-refractivity contribution >= 4 is 11.9 Å². The van der Waals surface area contributed by atoms with Gasteiger partial charge in [0.25, 0.3) is 0 Å². The lowest BCUT2D eigenvalue weighted by molar-refractivity contribution is -0.302. The number of carbonyl (C=O) groups excluding carboxylic acids is 2. The number of ether oxygens (including phenoxy) is 3. The molecule has 1 rings (SSSR count). The number of esters is 1. The smallest absolute Gasteiger partial charge is 0.305 e. The third-order valence-corrected chi connectivity index (χ3v) is 14.6. The highest BCUT2D eigenvalue weighted by Crippen LogP contribution is 2.23. The molecule has 0 aromatic rings. The molecule has 6 N–H and O–H groups in total. The van der Waals surface area contributed by atoms with Gasteiger partial charge in [-0.15, -0.1) is 0 Å². The number of hydrogen-bond acceptors (Lipinski definition) is 10. The fraction of sp³-hybridized carbons (Fsp3) is 0.815. The van der Waals surface area contributed by atoms with E-state index in [4.69, 9.17) is 14.2 Å². The summed E-state index contributed by atoms with van der Waals surface area (Å²) in [4.78, 5) is 25.0. The first-order chi connectivity index (χ1) is 37.2. The topological polar surface area (TPSA) is 175 Å². The van der Waals surface area contributed by atoms with Crippen LogP contribution in [0.2, 0.25) is 0 Å². The average molecular weight is 1070 g/mol. The predicted octanol–water partition coefficient (Wildman–Crippen LogP) is 15.0. The maximum atomic E-state index is 13.0. The van der Waals surface area contributed by atoms with E-state index < -0.39 is 49.5 Å². The Bertz CT molecular complexity index is 1450. The van der Waals surface area contributed by atoms with Crippen molar-refractivity contribution in [2.24, 2.45) is 0 Å². The first-order valence-corrected chi connectivity index (χ1v) is 31.6. The second-order valence-electron chi connectivity index (χ2n) is 21.7. The number of nitrogens with one attached hydrogen (secondary N) is 1. The van der Waals surface area contributed by atoms with E-state index in [0.29, 0.717) is 19.4 Å². The molecule has 1 aliphatic rings. The van der Waals surface area contributed by atoms with Gasteiger partial charge in [0.05, 0.1) is 32.0 Å². The molecule has 442 valence electrons. The molecular weight excluding hydrogens is 955 g/mol. The number of allylic oxidation sites excluding steroid dienone is 9. The average Bonchev–Trinajstić information content (AvgIpc) is 3.42. The second-order valence-corrected chi connectivity index (χ2v) is 21.7. The van der Waals surface area contributed by atoms with Crippen molar-refractivity contribution in [1.29, 1.82) is 0 Å². The summed E-state index contributed by atoms with van der Waals surface area (Å²) in [5, 5.41) is 54.2. The molecule has 1 fully saturated rings. The van der Waals surface area contributed by atoms with Crippen LogP contribution in [0.4, 0.5) is 0 Å². The zero-order chi connectivity index (χ0) is 55.2. The fourth-order valence-electron chi connectivity index (χ4n) is 9.53. The molecule has 0 saturated carbocycles. The number of unbranched alkanes of at least 4 members (excludes halogenated alkanes) is 32. The van der Waals surface area contributed by atoms with Crippen molar-refractivity contribution in [2.75, 3.05) is 19.8 Å². The zero-order valence-electron chi connectivity index (χ0n) is 48.7. The summed E-state index contributed by atoms with van der Waals surface area (Å²) in [5.41, 5.74) is 0. The Balaban J connectivity index is 2.00. The maximum Gasteiger partial charge on any atom is 0.305 e. The van der Waals surface area contributed by atoms with Crippen molar-refractivity contribution in [3.8, 4) is 0 Å². The van der Waals surface area contributed by atoms with Gasteiger partial charge in [0, 0.05) is 12.8 Å². The molecule has 0 aromatic carbocycles. The summed E-state index contributed by atoms with van der Waals surface area (Å²) in [5.74, 6) is -0.213. The first-order valence-electron chi connectivity index (χ1n) is 31.6. The minimum atomic E-state index is -1.58. The van der Waals surface area contributed by atoms with E-state index in [2.05, 4.69) is 67.8 Å². The molecule has 0 radical (unpaired) electrons. The van der Waals surface area contributed by atoms with Crippen LogP contribution in [0.3, 0.4) is 0 Å². The van der Waals surface area contributed by atoms with Crippen LogP contribution in [0.25, 0.3) is 0 Å². The van der Waals surface area contributed by atoms with Crippen LogP contribution in [-0.2, 0) is 23.8 Å². The van der Waals surface area contributed by atoms with Crippen LogP contribution in [0.15, 0.2) is 60.8 Å². The summed E-state index contributed by atoms with van der Waals surface area (Å²) in [6, 6.07) is -0.832. The number of aliphatic hydroxyl groups excluding tert-OH is 5. The number of rotatable bonds is 54. The Kier molecular flexibility index (Phi) is 51.0. The molecule has 0 spiro atoms. The Hall–Kier alpha value is -2.64. The lowest BCUT2D eigenvalue weighted by atomic mass is 9.99. The largest absolute Gasteiger partial charge is 0.466 e. The molecule has 76 heavy (non-hydrogen) atoms. The molecule has 11 heteroatoms. The van der Waals surface area contributed by atoms with Gasteiger partial charge in [0.15, 0.2) is 6.29 Å². The van der Waals surface area contributed by atoms with Crippen molar-refractivity contribution < 1.29 is 49.3 Å². The minimum absolute atomic E-state index is 0.0112. The van der Waals surface area contributed by atoms with Crippen LogP contribution in [0, 0.1) is 0 Å². The summed E-state index contributed by atoms with van der Waals surface area (Å²) < 4.78 is 16.7. The molecule has 1 amide bonds. The van der Waals surface area contributed by atoms with Gasteiger partial charge in [-0.2, -0.15) is 0 Å². The Morgan fingerprint density at radius 3 is 1.41 bits per heavy atom. The molecule has 0 aliphatic carbocycles. The standard InChI is InChI=1S/C65H117NO10/c1-3-5-7-9-11-13-14-15-30-33-37-41-45-49-53-61(70)74-54-50-46-42-38-34-31-28-26-24-22-20-18-16-17-19-21-23-25-27-29-32-36-40-44-48-52-60(69)66-57(58(68)51-47-43-39-35-12-10-8-6-4-2)56-75-65-64(73)63(72)62(71)59(55-67)76-65/h12,14-15,17-20,35,47,51,57-59,62-65,67-68,71-73H,3-11,13,16,21-34,36-46,48-50,52-56H2,1-2H3,(H,66,69)/b15-14-,19-17-,20-18-,35-12+,51-47+. The number of carbonyl (C=O) groups is 2. The molecule has 0 bridgehead atoms. The third kappa shape index (κ3) is 43.3. The number of hydrogen-bond donors (Lipinski definition) is 6. The second kappa shape index (κ2) is 54.3. The van der Waals surface area contributed by atoms with Gasteiger partial charge in [-0.25, -0.2) is 0 Å². The van der Waals surface area contributed by atoms with Gasteiger partial charge in [-0.1, -0.05) is 222 Å². The molecule has 11 nitrogen and oxygen atoms in total. The van der Waals surface area contributed by atoms with Crippen LogP contribution in [0.1, 0.15) is 277 Å². The zero-order valence-corrected chi connectivity index (χ0v) is 48.7. The summed E-state index contributed by atoms with van der Waals surface area (Å²) in [6.45, 7) is 4.25. The highest BCUT2D eigenvalue weighted by atomic mass is 16.7. The lowest BCUT2D eigenvalue weighted by Crippen LogP contribution is -2.60. The van der Waals surface area contributed by atoms with E-state index in [1.165, 1.54) is 167 Å². The van der Waals surface area contributed by atoms with Gasteiger partial charge in [-0.05, 0) is 103 Å². The van der Waals surface area contributed by atoms with Crippen LogP contribution in [0.5, 0.6) is 0 Å². The Morgan fingerprint density at radius 1 is 0.487 bits per heavy atom. The van der Waals surface area contributed by atoms with Crippen LogP contribution >= 0.6 is 0 Å². The summed E-state index contributed by atoms with van der Waals surface area (Å²) >= 11 is 0. The van der Waals surface area contributed by atoms with Gasteiger partial charge in [0.1, 0.15) is 24.4 Å². The predicted molar refractivity (Wildman–Crippen MR) is 315 cm³/mol. The molecule has 7 unspecified atom stereocenters. The number of amides is 1. The highest BCUT2D eigenvalue weighted by Gasteiger charge is 2.44. The monoisotopic (exact) mass is 1070 g/mol. The quantitative estimate of drug-likeness (QED) is 0.0195. The van der Waals surface area contributed by atoms with Gasteiger partial charge >= 0.3 is 5.97 Å². The van der Waals surface area contributed by atoms with Crippen molar-refractivity contribution in [2.45, 2.75) is 320 Å². The molecule has 1 aliphatic heterocycles. The van der Waals surface area contributed by atoms with Gasteiger partial charge in [0.2, 0.25) is 5.91 Å². The normalized spacial score (nSPS) is 19.1. The van der Waals surface area contributed by atoms with Crippen LogP contribution in [-0.4, -0.2) is 100 Å². The minimum Gasteiger partial charge on any atom is -0.466 e. The summed E-state index contributed by atoms with van der Waals surface area (Å²) in [7, 11) is 0. The molecule has 1 saturated heterocycles. The fourth-order valence-corrected chi connectivity index (χ4v) is 9.53. The van der Waals surface area contributed by atoms with Crippen LogP contribution < -0.4 is 5.32 Å². The van der Waals surface area contributed by atoms with Crippen molar-refractivity contribution in [1.82, 2.24) is 5.32 Å². The Labute approximate surface area is 465 Å². The SMILES string of the molecule is CCCCC/C=C/CC/C=C/C(O)C(COC1OC(CO)C(O)C(O)C1O)NC(=O)CCCCCCCCCCC/C=C\C/C=C\CCCCCCCCCCCOC(=O)CCCCCCC/C=C\CCCCCCC. The Morgan fingerprint density at radius 2 is 0.895 bits per heavy atom. The van der Waals surface area contributed by atoms with E-state index in [0.717, 1.165) is 83.5 Å². The van der Waals surface area contributed by atoms with E-state index in [9.17, 15) is 35.1 Å². The highest BCUT2D eigenvalue weighted by molar-refractivity contribution is 5.76. The van der Waals surface area contributed by atoms with Gasteiger partial charge in [-0.3, -0.25) is 9.59 Å². The van der Waals surface area contributed by atoms with E-state index >= 15 is 0 Å². The molecule has 0 aromatic heterocycles. The first kappa shape index (κ1) is 71.4. The number of aliphatic hydroxyl groups is 5. The van der Waals surface area contributed by atoms with E-state index in [-0.39, 0.29) is 18.5 Å².